The number of halogens is 5. The lowest BCUT2D eigenvalue weighted by molar-refractivity contribution is -0.136. The first-order valence-electron chi connectivity index (χ1n) is 18.1. The third-order valence-corrected chi connectivity index (χ3v) is 9.55. The zero-order valence-electron chi connectivity index (χ0n) is 30.3. The number of aromatic nitrogens is 4. The molecule has 2 aliphatic rings. The third-order valence-electron chi connectivity index (χ3n) is 9.55. The lowest BCUT2D eigenvalue weighted by Gasteiger charge is -2.27. The summed E-state index contributed by atoms with van der Waals surface area (Å²) in [4.78, 5) is 71.7. The smallest absolute Gasteiger partial charge is 0.405 e. The van der Waals surface area contributed by atoms with Crippen molar-refractivity contribution in [2.24, 2.45) is 0 Å². The summed E-state index contributed by atoms with van der Waals surface area (Å²) in [6.45, 7) is -1.32. The summed E-state index contributed by atoms with van der Waals surface area (Å²) >= 11 is 0. The highest BCUT2D eigenvalue weighted by molar-refractivity contribution is 6.23. The van der Waals surface area contributed by atoms with Crippen molar-refractivity contribution in [2.75, 3.05) is 17.2 Å². The highest BCUT2D eigenvalue weighted by Gasteiger charge is 2.44. The maximum absolute atomic E-state index is 14.0. The van der Waals surface area contributed by atoms with Crippen LogP contribution in [0, 0.1) is 0 Å². The van der Waals surface area contributed by atoms with Crippen molar-refractivity contribution in [3.8, 4) is 17.1 Å². The van der Waals surface area contributed by atoms with Gasteiger partial charge in [-0.3, -0.25) is 34.2 Å². The van der Waals surface area contributed by atoms with Crippen LogP contribution in [-0.4, -0.2) is 72.9 Å². The highest BCUT2D eigenvalue weighted by atomic mass is 19.4. The maximum atomic E-state index is 14.0. The number of hydrogen-bond acceptors (Lipinski definition) is 10. The number of imide groups is 2. The molecule has 1 saturated heterocycles. The van der Waals surface area contributed by atoms with Crippen molar-refractivity contribution in [3.63, 3.8) is 0 Å². The van der Waals surface area contributed by atoms with Gasteiger partial charge in [0.1, 0.15) is 24.7 Å². The van der Waals surface area contributed by atoms with E-state index in [2.05, 4.69) is 31.0 Å². The minimum atomic E-state index is -4.47. The Morgan fingerprint density at radius 2 is 1.66 bits per heavy atom. The van der Waals surface area contributed by atoms with Crippen LogP contribution in [0.2, 0.25) is 0 Å². The Balaban J connectivity index is 0.908. The lowest BCUT2D eigenvalue weighted by Crippen LogP contribution is -2.54. The van der Waals surface area contributed by atoms with Gasteiger partial charge in [0.05, 0.1) is 28.7 Å². The number of carbonyl (C=O) groups is 5. The normalized spacial score (nSPS) is 15.6. The Hall–Kier alpha value is -6.79. The first-order chi connectivity index (χ1) is 27.7. The van der Waals surface area contributed by atoms with E-state index in [-0.39, 0.29) is 52.6 Å². The number of aryl methyl sites for hydroxylation is 2. The molecule has 3 N–H and O–H groups in total. The largest absolute Gasteiger partial charge is 0.444 e. The number of benzene rings is 2. The van der Waals surface area contributed by atoms with E-state index in [0.29, 0.717) is 12.1 Å². The van der Waals surface area contributed by atoms with Crippen LogP contribution in [0.4, 0.5) is 33.5 Å². The van der Waals surface area contributed by atoms with Crippen LogP contribution < -0.4 is 16.0 Å². The molecule has 1 fully saturated rings. The molecule has 0 bridgehead atoms. The van der Waals surface area contributed by atoms with Gasteiger partial charge in [0.15, 0.2) is 11.4 Å². The van der Waals surface area contributed by atoms with E-state index in [1.54, 1.807) is 30.3 Å². The molecule has 3 aromatic heterocycles. The summed E-state index contributed by atoms with van der Waals surface area (Å²) in [5.41, 5.74) is 1.81. The van der Waals surface area contributed by atoms with E-state index < -0.39 is 60.4 Å². The Labute approximate surface area is 325 Å². The van der Waals surface area contributed by atoms with Crippen molar-refractivity contribution in [3.05, 3.63) is 107 Å². The molecule has 0 radical (unpaired) electrons. The zero-order valence-corrected chi connectivity index (χ0v) is 30.3. The minimum Gasteiger partial charge on any atom is -0.444 e. The van der Waals surface area contributed by atoms with E-state index in [0.717, 1.165) is 48.0 Å². The van der Waals surface area contributed by atoms with Gasteiger partial charge in [0.2, 0.25) is 17.7 Å². The number of carbonyl (C=O) groups excluding carboxylic acids is 5. The fourth-order valence-corrected chi connectivity index (χ4v) is 6.65. The van der Waals surface area contributed by atoms with E-state index in [1.807, 2.05) is 12.1 Å². The molecule has 19 heteroatoms. The number of rotatable bonds is 14. The lowest BCUT2D eigenvalue weighted by atomic mass is 10.00. The first kappa shape index (κ1) is 39.4. The van der Waals surface area contributed by atoms with Crippen molar-refractivity contribution in [1.82, 2.24) is 30.0 Å². The van der Waals surface area contributed by atoms with Gasteiger partial charge in [-0.1, -0.05) is 24.6 Å². The first-order valence-corrected chi connectivity index (χ1v) is 18.1. The second-order valence-corrected chi connectivity index (χ2v) is 13.6. The number of unbranched alkanes of at least 4 members (excludes halogenated alkanes) is 2. The van der Waals surface area contributed by atoms with Crippen molar-refractivity contribution < 1.29 is 50.3 Å². The molecule has 5 heterocycles. The van der Waals surface area contributed by atoms with Gasteiger partial charge >= 0.3 is 6.18 Å². The number of nitrogens with one attached hydrogen (secondary N) is 3. The molecule has 300 valence electrons. The number of fused-ring (bicyclic) bond motifs is 1. The Morgan fingerprint density at radius 3 is 2.38 bits per heavy atom. The van der Waals surface area contributed by atoms with Gasteiger partial charge in [-0.2, -0.15) is 18.3 Å². The van der Waals surface area contributed by atoms with E-state index in [9.17, 15) is 45.9 Å². The van der Waals surface area contributed by atoms with Gasteiger partial charge in [0.25, 0.3) is 24.1 Å². The summed E-state index contributed by atoms with van der Waals surface area (Å²) in [5, 5.41) is 10.7. The summed E-state index contributed by atoms with van der Waals surface area (Å²) in [7, 11) is 0. The number of piperidine rings is 1. The topological polar surface area (TPSA) is 181 Å². The van der Waals surface area contributed by atoms with Crippen molar-refractivity contribution in [1.29, 1.82) is 0 Å². The van der Waals surface area contributed by atoms with Crippen LogP contribution in [0.25, 0.3) is 17.1 Å². The molecule has 1 atom stereocenters. The molecule has 0 aliphatic carbocycles. The number of oxazole rings is 1. The van der Waals surface area contributed by atoms with Gasteiger partial charge in [-0.05, 0) is 79.6 Å². The zero-order chi connectivity index (χ0) is 41.1. The number of anilines is 2. The standard InChI is InChI=1S/C39H33F5N8O6/c40-33(41)32-27(47-34(54)28-19-58-36(48-28)23-14-15-45-30(17-23)46-20-39(42,43)44)18-51(50-32)24-9-6-21(7-10-24)4-2-1-3-5-22-8-11-25-26(16-22)38(57)52(37(25)56)29-12-13-31(53)49-35(29)55/h6-11,14-19,29,33H,1-5,12-13,20H2,(H,45,46)(H,47,54)(H,49,53,55). The predicted octanol–water partition coefficient (Wildman–Crippen LogP) is 6.44. The van der Waals surface area contributed by atoms with Gasteiger partial charge in [0, 0.05) is 18.2 Å². The van der Waals surface area contributed by atoms with Crippen molar-refractivity contribution in [2.45, 2.75) is 63.6 Å². The number of nitrogens with zero attached hydrogens (tertiary/aromatic N) is 5. The van der Waals surface area contributed by atoms with E-state index in [1.165, 1.54) is 29.2 Å². The van der Waals surface area contributed by atoms with Gasteiger partial charge < -0.3 is 15.1 Å². The SMILES string of the molecule is O=C1CCC(N2C(=O)c3ccc(CCCCCc4ccc(-n5cc(NC(=O)c6coc(-c7ccnc(NCC(F)(F)F)c7)n6)c(C(F)F)n5)cc4)cc3C2=O)C(=O)N1. The number of hydrogen-bond donors (Lipinski definition) is 3. The highest BCUT2D eigenvalue weighted by Crippen LogP contribution is 2.30. The van der Waals surface area contributed by atoms with Crippen LogP contribution in [-0.2, 0) is 22.4 Å². The molecular weight excluding hydrogens is 771 g/mol. The molecule has 5 amide bonds. The second kappa shape index (κ2) is 16.4. The quantitative estimate of drug-likeness (QED) is 0.0642. The summed E-state index contributed by atoms with van der Waals surface area (Å²) in [6, 6.07) is 13.8. The molecule has 5 aromatic rings. The fourth-order valence-electron chi connectivity index (χ4n) is 6.65. The molecular formula is C39H33F5N8O6. The number of amides is 5. The molecule has 7 rings (SSSR count). The Kier molecular flexibility index (Phi) is 11.1. The van der Waals surface area contributed by atoms with Crippen LogP contribution in [0.15, 0.2) is 77.7 Å². The van der Waals surface area contributed by atoms with Crippen LogP contribution in [0.1, 0.15) is 86.6 Å². The summed E-state index contributed by atoms with van der Waals surface area (Å²) in [5.74, 6) is -3.29. The fraction of sp³-hybridized carbons (Fsp3) is 0.282. The molecule has 2 aliphatic heterocycles. The third kappa shape index (κ3) is 8.77. The van der Waals surface area contributed by atoms with Gasteiger partial charge in [-0.15, -0.1) is 0 Å². The van der Waals surface area contributed by atoms with E-state index in [4.69, 9.17) is 4.42 Å². The molecule has 2 aromatic carbocycles. The molecule has 14 nitrogen and oxygen atoms in total. The Bertz CT molecular complexity index is 2390. The molecule has 1 unspecified atom stereocenters. The summed E-state index contributed by atoms with van der Waals surface area (Å²) < 4.78 is 72.2. The maximum Gasteiger partial charge on any atom is 0.405 e. The van der Waals surface area contributed by atoms with Crippen LogP contribution in [0.3, 0.4) is 0 Å². The van der Waals surface area contributed by atoms with Crippen molar-refractivity contribution >= 4 is 41.0 Å². The molecule has 0 saturated carbocycles. The van der Waals surface area contributed by atoms with Crippen LogP contribution >= 0.6 is 0 Å². The molecule has 58 heavy (non-hydrogen) atoms. The monoisotopic (exact) mass is 804 g/mol. The van der Waals surface area contributed by atoms with E-state index >= 15 is 0 Å². The van der Waals surface area contributed by atoms with Gasteiger partial charge in [-0.25, -0.2) is 23.4 Å². The second-order valence-electron chi connectivity index (χ2n) is 13.6. The minimum absolute atomic E-state index is 0.0453. The van der Waals surface area contributed by atoms with Crippen LogP contribution in [0.5, 0.6) is 0 Å². The molecule has 0 spiro atoms. The Morgan fingerprint density at radius 1 is 0.931 bits per heavy atom. The summed E-state index contributed by atoms with van der Waals surface area (Å²) in [6.07, 6.45) is -0.0435. The number of pyridine rings is 1. The average molecular weight is 805 g/mol. The predicted molar refractivity (Wildman–Crippen MR) is 195 cm³/mol. The average Bonchev–Trinajstić information content (AvgIpc) is 3.92. The number of alkyl halides is 5.